The van der Waals surface area contributed by atoms with E-state index in [1.807, 2.05) is 0 Å². The highest BCUT2D eigenvalue weighted by molar-refractivity contribution is 5.81. The van der Waals surface area contributed by atoms with Gasteiger partial charge in [0.2, 0.25) is 11.8 Å². The number of amides is 2. The SMILES string of the molecule is NCC1(CC(=O)NCCNC(=O)C2CC2)CCC1. The molecule has 2 amide bonds. The average Bonchev–Trinajstić information content (AvgIpc) is 3.13. The van der Waals surface area contributed by atoms with Crippen molar-refractivity contribution in [3.63, 3.8) is 0 Å². The van der Waals surface area contributed by atoms with E-state index in [0.717, 1.165) is 25.7 Å². The number of carbonyl (C=O) groups is 2. The summed E-state index contributed by atoms with van der Waals surface area (Å²) in [5.41, 5.74) is 5.77. The monoisotopic (exact) mass is 253 g/mol. The molecule has 18 heavy (non-hydrogen) atoms. The third-order valence-electron chi connectivity index (χ3n) is 4.08. The lowest BCUT2D eigenvalue weighted by molar-refractivity contribution is -0.125. The van der Waals surface area contributed by atoms with Crippen LogP contribution in [-0.4, -0.2) is 31.4 Å². The van der Waals surface area contributed by atoms with Gasteiger partial charge in [-0.1, -0.05) is 6.42 Å². The molecule has 0 aliphatic heterocycles. The van der Waals surface area contributed by atoms with Gasteiger partial charge in [0.05, 0.1) is 0 Å². The number of hydrogen-bond donors (Lipinski definition) is 3. The Hall–Kier alpha value is -1.10. The Morgan fingerprint density at radius 2 is 1.83 bits per heavy atom. The van der Waals surface area contributed by atoms with Gasteiger partial charge in [-0.05, 0) is 37.6 Å². The Morgan fingerprint density at radius 1 is 1.17 bits per heavy atom. The normalized spacial score (nSPS) is 20.9. The molecule has 2 rings (SSSR count). The lowest BCUT2D eigenvalue weighted by Gasteiger charge is -2.40. The van der Waals surface area contributed by atoms with E-state index in [-0.39, 0.29) is 23.1 Å². The fourth-order valence-electron chi connectivity index (χ4n) is 2.41. The molecule has 0 aromatic heterocycles. The van der Waals surface area contributed by atoms with E-state index in [4.69, 9.17) is 5.73 Å². The molecule has 2 saturated carbocycles. The molecule has 0 saturated heterocycles. The number of nitrogens with one attached hydrogen (secondary N) is 2. The first-order chi connectivity index (χ1) is 8.65. The van der Waals surface area contributed by atoms with Crippen LogP contribution >= 0.6 is 0 Å². The van der Waals surface area contributed by atoms with Crippen molar-refractivity contribution in [3.05, 3.63) is 0 Å². The number of carbonyl (C=O) groups excluding carboxylic acids is 2. The van der Waals surface area contributed by atoms with Gasteiger partial charge in [0.1, 0.15) is 0 Å². The zero-order valence-electron chi connectivity index (χ0n) is 10.8. The van der Waals surface area contributed by atoms with Crippen LogP contribution < -0.4 is 16.4 Å². The lowest BCUT2D eigenvalue weighted by atomic mass is 9.66. The molecule has 4 N–H and O–H groups in total. The van der Waals surface area contributed by atoms with Crippen molar-refractivity contribution in [1.82, 2.24) is 10.6 Å². The Kier molecular flexibility index (Phi) is 4.22. The zero-order chi connectivity index (χ0) is 13.0. The van der Waals surface area contributed by atoms with Crippen LogP contribution in [0.2, 0.25) is 0 Å². The predicted octanol–water partition coefficient (Wildman–Crippen LogP) is 0.148. The first-order valence-electron chi connectivity index (χ1n) is 6.90. The highest BCUT2D eigenvalue weighted by Gasteiger charge is 2.37. The van der Waals surface area contributed by atoms with E-state index in [0.29, 0.717) is 26.1 Å². The molecule has 5 nitrogen and oxygen atoms in total. The minimum atomic E-state index is 0.0563. The number of rotatable bonds is 7. The largest absolute Gasteiger partial charge is 0.354 e. The first kappa shape index (κ1) is 13.3. The summed E-state index contributed by atoms with van der Waals surface area (Å²) in [5.74, 6) is 0.415. The second kappa shape index (κ2) is 5.69. The molecule has 0 unspecified atom stereocenters. The van der Waals surface area contributed by atoms with Crippen molar-refractivity contribution in [2.75, 3.05) is 19.6 Å². The van der Waals surface area contributed by atoms with Crippen LogP contribution in [0.1, 0.15) is 38.5 Å². The molecule has 2 aliphatic carbocycles. The summed E-state index contributed by atoms with van der Waals surface area (Å²) in [4.78, 5) is 23.1. The smallest absolute Gasteiger partial charge is 0.223 e. The average molecular weight is 253 g/mol. The topological polar surface area (TPSA) is 84.2 Å². The van der Waals surface area contributed by atoms with Crippen molar-refractivity contribution in [3.8, 4) is 0 Å². The minimum absolute atomic E-state index is 0.0563. The van der Waals surface area contributed by atoms with Crippen molar-refractivity contribution in [1.29, 1.82) is 0 Å². The van der Waals surface area contributed by atoms with Gasteiger partial charge in [0.25, 0.3) is 0 Å². The summed E-state index contributed by atoms with van der Waals surface area (Å²) in [5, 5.41) is 5.67. The molecule has 2 fully saturated rings. The molecule has 0 aromatic carbocycles. The molecule has 0 heterocycles. The van der Waals surface area contributed by atoms with Crippen LogP contribution in [-0.2, 0) is 9.59 Å². The molecule has 0 atom stereocenters. The Balaban J connectivity index is 1.55. The van der Waals surface area contributed by atoms with Crippen LogP contribution in [0.4, 0.5) is 0 Å². The highest BCUT2D eigenvalue weighted by Crippen LogP contribution is 2.42. The number of nitrogens with two attached hydrogens (primary N) is 1. The van der Waals surface area contributed by atoms with Gasteiger partial charge < -0.3 is 16.4 Å². The summed E-state index contributed by atoms with van der Waals surface area (Å²) in [7, 11) is 0. The maximum absolute atomic E-state index is 11.7. The van der Waals surface area contributed by atoms with Gasteiger partial charge in [0, 0.05) is 25.4 Å². The number of hydrogen-bond acceptors (Lipinski definition) is 3. The van der Waals surface area contributed by atoms with Crippen molar-refractivity contribution in [2.24, 2.45) is 17.1 Å². The summed E-state index contributed by atoms with van der Waals surface area (Å²) < 4.78 is 0. The Bertz CT molecular complexity index is 317. The second-order valence-corrected chi connectivity index (χ2v) is 5.65. The van der Waals surface area contributed by atoms with Crippen molar-refractivity contribution in [2.45, 2.75) is 38.5 Å². The predicted molar refractivity (Wildman–Crippen MR) is 68.7 cm³/mol. The second-order valence-electron chi connectivity index (χ2n) is 5.65. The molecule has 0 spiro atoms. The van der Waals surface area contributed by atoms with E-state index >= 15 is 0 Å². The highest BCUT2D eigenvalue weighted by atomic mass is 16.2. The van der Waals surface area contributed by atoms with Gasteiger partial charge >= 0.3 is 0 Å². The van der Waals surface area contributed by atoms with Crippen LogP contribution in [0, 0.1) is 11.3 Å². The molecule has 0 radical (unpaired) electrons. The molecule has 102 valence electrons. The minimum Gasteiger partial charge on any atom is -0.354 e. The van der Waals surface area contributed by atoms with E-state index in [2.05, 4.69) is 10.6 Å². The molecule has 5 heteroatoms. The fraction of sp³-hybridized carbons (Fsp3) is 0.846. The fourth-order valence-corrected chi connectivity index (χ4v) is 2.41. The standard InChI is InChI=1S/C13H23N3O2/c14-9-13(4-1-5-13)8-11(17)15-6-7-16-12(18)10-2-3-10/h10H,1-9,14H2,(H,15,17)(H,16,18). The Labute approximate surface area is 108 Å². The van der Waals surface area contributed by atoms with Crippen LogP contribution in [0.25, 0.3) is 0 Å². The van der Waals surface area contributed by atoms with E-state index in [1.165, 1.54) is 6.42 Å². The first-order valence-corrected chi connectivity index (χ1v) is 6.90. The van der Waals surface area contributed by atoms with Gasteiger partial charge in [-0.25, -0.2) is 0 Å². The van der Waals surface area contributed by atoms with Gasteiger partial charge in [-0.2, -0.15) is 0 Å². The van der Waals surface area contributed by atoms with E-state index in [9.17, 15) is 9.59 Å². The zero-order valence-corrected chi connectivity index (χ0v) is 10.8. The summed E-state index contributed by atoms with van der Waals surface area (Å²) in [6, 6.07) is 0. The van der Waals surface area contributed by atoms with Gasteiger partial charge in [-0.15, -0.1) is 0 Å². The molecule has 2 aliphatic rings. The third-order valence-corrected chi connectivity index (χ3v) is 4.08. The summed E-state index contributed by atoms with van der Waals surface area (Å²) in [6.45, 7) is 1.63. The molecule has 0 aromatic rings. The molecular formula is C13H23N3O2. The third kappa shape index (κ3) is 3.45. The van der Waals surface area contributed by atoms with Crippen molar-refractivity contribution >= 4 is 11.8 Å². The summed E-state index contributed by atoms with van der Waals surface area (Å²) >= 11 is 0. The summed E-state index contributed by atoms with van der Waals surface area (Å²) in [6.07, 6.45) is 5.86. The Morgan fingerprint density at radius 3 is 2.33 bits per heavy atom. The van der Waals surface area contributed by atoms with Crippen molar-refractivity contribution < 1.29 is 9.59 Å². The van der Waals surface area contributed by atoms with E-state index in [1.54, 1.807) is 0 Å². The van der Waals surface area contributed by atoms with Crippen LogP contribution in [0.5, 0.6) is 0 Å². The lowest BCUT2D eigenvalue weighted by Crippen LogP contribution is -2.43. The molecular weight excluding hydrogens is 230 g/mol. The quantitative estimate of drug-likeness (QED) is 0.565. The van der Waals surface area contributed by atoms with Crippen LogP contribution in [0.3, 0.4) is 0 Å². The molecule has 0 bridgehead atoms. The maximum atomic E-state index is 11.7. The van der Waals surface area contributed by atoms with Gasteiger partial charge in [-0.3, -0.25) is 9.59 Å². The maximum Gasteiger partial charge on any atom is 0.223 e. The van der Waals surface area contributed by atoms with Gasteiger partial charge in [0.15, 0.2) is 0 Å². The van der Waals surface area contributed by atoms with E-state index < -0.39 is 0 Å². The van der Waals surface area contributed by atoms with Crippen LogP contribution in [0.15, 0.2) is 0 Å².